The van der Waals surface area contributed by atoms with Crippen molar-refractivity contribution >= 4 is 23.4 Å². The van der Waals surface area contributed by atoms with Gasteiger partial charge in [-0.3, -0.25) is 0 Å². The first-order valence-electron chi connectivity index (χ1n) is 6.53. The summed E-state index contributed by atoms with van der Waals surface area (Å²) in [4.78, 5) is 16.9. The van der Waals surface area contributed by atoms with E-state index in [2.05, 4.69) is 15.2 Å². The number of carboxylic acid groups (broad SMARTS) is 1. The normalized spacial score (nSPS) is 14.5. The molecule has 104 valence electrons. The lowest BCUT2D eigenvalue weighted by atomic mass is 10.2. The van der Waals surface area contributed by atoms with E-state index in [1.165, 1.54) is 18.5 Å². The van der Waals surface area contributed by atoms with Gasteiger partial charge in [-0.25, -0.2) is 4.79 Å². The smallest absolute Gasteiger partial charge is 0.357 e. The molecular weight excluding hydrogens is 258 g/mol. The molecule has 0 atom stereocenters. The molecular formula is C14H15N3O3. The van der Waals surface area contributed by atoms with Crippen LogP contribution in [0.2, 0.25) is 0 Å². The van der Waals surface area contributed by atoms with Crippen LogP contribution in [0.4, 0.5) is 17.4 Å². The van der Waals surface area contributed by atoms with Gasteiger partial charge in [0.25, 0.3) is 6.01 Å². The molecule has 2 aromatic rings. The molecule has 3 rings (SSSR count). The third-order valence-electron chi connectivity index (χ3n) is 3.31. The lowest BCUT2D eigenvalue weighted by Crippen LogP contribution is -2.17. The van der Waals surface area contributed by atoms with Gasteiger partial charge in [0, 0.05) is 24.5 Å². The SMILES string of the molecule is O=C(O)c1coc(Nc2ccc(N3CCCC3)cc2)n1. The van der Waals surface area contributed by atoms with E-state index in [0.29, 0.717) is 0 Å². The number of carboxylic acids is 1. The van der Waals surface area contributed by atoms with E-state index in [1.807, 2.05) is 24.3 Å². The van der Waals surface area contributed by atoms with Crippen molar-refractivity contribution in [3.63, 3.8) is 0 Å². The van der Waals surface area contributed by atoms with Crippen molar-refractivity contribution in [2.75, 3.05) is 23.3 Å². The van der Waals surface area contributed by atoms with Crippen LogP contribution < -0.4 is 10.2 Å². The molecule has 0 spiro atoms. The van der Waals surface area contributed by atoms with Crippen LogP contribution in [-0.4, -0.2) is 29.1 Å². The summed E-state index contributed by atoms with van der Waals surface area (Å²) in [5.41, 5.74) is 1.90. The zero-order chi connectivity index (χ0) is 13.9. The second-order valence-corrected chi connectivity index (χ2v) is 4.71. The molecule has 1 fully saturated rings. The summed E-state index contributed by atoms with van der Waals surface area (Å²) in [7, 11) is 0. The third kappa shape index (κ3) is 2.59. The van der Waals surface area contributed by atoms with Crippen molar-refractivity contribution in [1.29, 1.82) is 0 Å². The van der Waals surface area contributed by atoms with Crippen molar-refractivity contribution in [3.8, 4) is 0 Å². The Morgan fingerprint density at radius 3 is 2.55 bits per heavy atom. The standard InChI is InChI=1S/C14H15N3O3/c18-13(19)12-9-20-14(16-12)15-10-3-5-11(6-4-10)17-7-1-2-8-17/h3-6,9H,1-2,7-8H2,(H,15,16)(H,18,19). The van der Waals surface area contributed by atoms with Crippen LogP contribution in [0, 0.1) is 0 Å². The molecule has 0 saturated carbocycles. The molecule has 0 unspecified atom stereocenters. The molecule has 6 nitrogen and oxygen atoms in total. The topological polar surface area (TPSA) is 78.6 Å². The highest BCUT2D eigenvalue weighted by molar-refractivity contribution is 5.85. The highest BCUT2D eigenvalue weighted by Gasteiger charge is 2.13. The first kappa shape index (κ1) is 12.5. The minimum Gasteiger partial charge on any atom is -0.476 e. The Balaban J connectivity index is 1.69. The van der Waals surface area contributed by atoms with Crippen LogP contribution in [0.5, 0.6) is 0 Å². The number of hydrogen-bond donors (Lipinski definition) is 2. The molecule has 1 aliphatic rings. The number of oxazole rings is 1. The fourth-order valence-corrected chi connectivity index (χ4v) is 2.28. The van der Waals surface area contributed by atoms with Crippen LogP contribution in [-0.2, 0) is 0 Å². The molecule has 0 radical (unpaired) electrons. The van der Waals surface area contributed by atoms with Crippen molar-refractivity contribution in [2.45, 2.75) is 12.8 Å². The number of aromatic nitrogens is 1. The van der Waals surface area contributed by atoms with E-state index in [1.54, 1.807) is 0 Å². The highest BCUT2D eigenvalue weighted by atomic mass is 16.4. The van der Waals surface area contributed by atoms with Gasteiger partial charge in [0.05, 0.1) is 0 Å². The van der Waals surface area contributed by atoms with Gasteiger partial charge in [0.1, 0.15) is 6.26 Å². The van der Waals surface area contributed by atoms with Gasteiger partial charge in [0.2, 0.25) is 0 Å². The van der Waals surface area contributed by atoms with Gasteiger partial charge in [0.15, 0.2) is 5.69 Å². The first-order valence-corrected chi connectivity index (χ1v) is 6.53. The largest absolute Gasteiger partial charge is 0.476 e. The van der Waals surface area contributed by atoms with E-state index in [4.69, 9.17) is 9.52 Å². The lowest BCUT2D eigenvalue weighted by molar-refractivity contribution is 0.0690. The van der Waals surface area contributed by atoms with E-state index in [0.717, 1.165) is 25.0 Å². The predicted octanol–water partition coefficient (Wildman–Crippen LogP) is 2.72. The average Bonchev–Trinajstić information content (AvgIpc) is 3.10. The minimum atomic E-state index is -1.11. The van der Waals surface area contributed by atoms with E-state index in [-0.39, 0.29) is 11.7 Å². The zero-order valence-corrected chi connectivity index (χ0v) is 10.9. The van der Waals surface area contributed by atoms with E-state index >= 15 is 0 Å². The van der Waals surface area contributed by atoms with Crippen LogP contribution in [0.15, 0.2) is 34.9 Å². The molecule has 2 heterocycles. The molecule has 1 aromatic carbocycles. The third-order valence-corrected chi connectivity index (χ3v) is 3.31. The fourth-order valence-electron chi connectivity index (χ4n) is 2.28. The molecule has 0 bridgehead atoms. The van der Waals surface area contributed by atoms with Crippen molar-refractivity contribution in [3.05, 3.63) is 36.2 Å². The van der Waals surface area contributed by atoms with E-state index < -0.39 is 5.97 Å². The van der Waals surface area contributed by atoms with Crippen LogP contribution >= 0.6 is 0 Å². The number of rotatable bonds is 4. The maximum Gasteiger partial charge on any atom is 0.357 e. The van der Waals surface area contributed by atoms with Crippen LogP contribution in [0.3, 0.4) is 0 Å². The summed E-state index contributed by atoms with van der Waals surface area (Å²) in [5, 5.41) is 11.7. The minimum absolute atomic E-state index is 0.110. The zero-order valence-electron chi connectivity index (χ0n) is 10.9. The molecule has 2 N–H and O–H groups in total. The summed E-state index contributed by atoms with van der Waals surface area (Å²) in [6.45, 7) is 2.21. The Kier molecular flexibility index (Phi) is 3.28. The quantitative estimate of drug-likeness (QED) is 0.891. The monoisotopic (exact) mass is 273 g/mol. The lowest BCUT2D eigenvalue weighted by Gasteiger charge is -2.17. The van der Waals surface area contributed by atoms with Gasteiger partial charge in [-0.1, -0.05) is 0 Å². The maximum absolute atomic E-state index is 10.7. The Labute approximate surface area is 116 Å². The molecule has 1 aromatic heterocycles. The highest BCUT2D eigenvalue weighted by Crippen LogP contribution is 2.23. The second kappa shape index (κ2) is 5.24. The van der Waals surface area contributed by atoms with E-state index in [9.17, 15) is 4.79 Å². The van der Waals surface area contributed by atoms with Crippen molar-refractivity contribution < 1.29 is 14.3 Å². The second-order valence-electron chi connectivity index (χ2n) is 4.71. The number of nitrogens with one attached hydrogen (secondary N) is 1. The average molecular weight is 273 g/mol. The van der Waals surface area contributed by atoms with Gasteiger partial charge in [-0.05, 0) is 37.1 Å². The van der Waals surface area contributed by atoms with Crippen molar-refractivity contribution in [1.82, 2.24) is 4.98 Å². The Hall–Kier alpha value is -2.50. The Morgan fingerprint density at radius 2 is 1.95 bits per heavy atom. The number of benzene rings is 1. The van der Waals surface area contributed by atoms with Gasteiger partial charge in [-0.15, -0.1) is 0 Å². The fraction of sp³-hybridized carbons (Fsp3) is 0.286. The number of carbonyl (C=O) groups is 1. The molecule has 1 saturated heterocycles. The Bertz CT molecular complexity index is 600. The van der Waals surface area contributed by atoms with Crippen LogP contribution in [0.25, 0.3) is 0 Å². The number of hydrogen-bond acceptors (Lipinski definition) is 5. The summed E-state index contributed by atoms with van der Waals surface area (Å²) in [5.74, 6) is -1.11. The molecule has 20 heavy (non-hydrogen) atoms. The summed E-state index contributed by atoms with van der Waals surface area (Å²) >= 11 is 0. The van der Waals surface area contributed by atoms with Gasteiger partial charge >= 0.3 is 5.97 Å². The maximum atomic E-state index is 10.7. The Morgan fingerprint density at radius 1 is 1.25 bits per heavy atom. The van der Waals surface area contributed by atoms with Crippen LogP contribution in [0.1, 0.15) is 23.3 Å². The summed E-state index contributed by atoms with van der Waals surface area (Å²) < 4.78 is 5.05. The molecule has 0 amide bonds. The van der Waals surface area contributed by atoms with Crippen molar-refractivity contribution in [2.24, 2.45) is 0 Å². The summed E-state index contributed by atoms with van der Waals surface area (Å²) in [6.07, 6.45) is 3.60. The number of aromatic carboxylic acids is 1. The molecule has 6 heteroatoms. The first-order chi connectivity index (χ1) is 9.72. The van der Waals surface area contributed by atoms with Gasteiger partial charge in [-0.2, -0.15) is 4.98 Å². The van der Waals surface area contributed by atoms with Gasteiger partial charge < -0.3 is 19.7 Å². The number of nitrogens with zero attached hydrogens (tertiary/aromatic N) is 2. The molecule has 0 aliphatic carbocycles. The molecule has 1 aliphatic heterocycles. The summed E-state index contributed by atoms with van der Waals surface area (Å²) in [6, 6.07) is 8.11. The predicted molar refractivity (Wildman–Crippen MR) is 74.6 cm³/mol. The number of anilines is 3.